The van der Waals surface area contributed by atoms with Crippen molar-refractivity contribution in [2.75, 3.05) is 0 Å². The fraction of sp³-hybridized carbons (Fsp3) is 0.0714. The number of rotatable bonds is 2. The lowest BCUT2D eigenvalue weighted by atomic mass is 10.2. The lowest BCUT2D eigenvalue weighted by molar-refractivity contribution is 0.107. The van der Waals surface area contributed by atoms with E-state index in [2.05, 4.69) is 0 Å². The zero-order chi connectivity index (χ0) is 12.3. The Hall–Kier alpha value is -1.58. The molecule has 0 fully saturated rings. The van der Waals surface area contributed by atoms with Gasteiger partial charge in [-0.05, 0) is 31.2 Å². The predicted octanol–water partition coefficient (Wildman–Crippen LogP) is 2.94. The molecule has 2 nitrogen and oxygen atoms in total. The van der Waals surface area contributed by atoms with Crippen LogP contribution in [-0.2, 0) is 11.2 Å². The van der Waals surface area contributed by atoms with Crippen LogP contribution in [0, 0.1) is 6.92 Å². The van der Waals surface area contributed by atoms with Gasteiger partial charge in [0.2, 0.25) is 0 Å². The monoisotopic (exact) mass is 244 g/mol. The van der Waals surface area contributed by atoms with Gasteiger partial charge >= 0.3 is 5.12 Å². The summed E-state index contributed by atoms with van der Waals surface area (Å²) in [5, 5.41) is -0.352. The molecule has 0 aromatic heterocycles. The van der Waals surface area contributed by atoms with Crippen molar-refractivity contribution in [3.05, 3.63) is 65.7 Å². The van der Waals surface area contributed by atoms with E-state index in [0.29, 0.717) is 10.5 Å². The highest BCUT2D eigenvalue weighted by Crippen LogP contribution is 2.16. The maximum atomic E-state index is 12.0. The van der Waals surface area contributed by atoms with Gasteiger partial charge in [0.05, 0.1) is 16.7 Å². The van der Waals surface area contributed by atoms with E-state index in [1.165, 1.54) is 0 Å². The molecule has 0 radical (unpaired) electrons. The Morgan fingerprint density at radius 3 is 2.18 bits per heavy atom. The number of carbonyl (C=O) groups excluding carboxylic acids is 1. The van der Waals surface area contributed by atoms with Crippen molar-refractivity contribution < 1.29 is 9.35 Å². The maximum Gasteiger partial charge on any atom is 0.365 e. The van der Waals surface area contributed by atoms with Crippen LogP contribution in [0.4, 0.5) is 0 Å². The molecule has 0 aliphatic heterocycles. The van der Waals surface area contributed by atoms with Gasteiger partial charge in [-0.3, -0.25) is 0 Å². The van der Waals surface area contributed by atoms with Gasteiger partial charge in [0, 0.05) is 0 Å². The zero-order valence-electron chi connectivity index (χ0n) is 9.42. The van der Waals surface area contributed by atoms with E-state index in [1.807, 2.05) is 25.1 Å². The average Bonchev–Trinajstić information content (AvgIpc) is 2.39. The van der Waals surface area contributed by atoms with Crippen LogP contribution in [-0.4, -0.2) is 9.67 Å². The molecule has 0 aliphatic carbocycles. The van der Waals surface area contributed by atoms with Gasteiger partial charge in [0.1, 0.15) is 0 Å². The van der Waals surface area contributed by atoms with Gasteiger partial charge < -0.3 is 4.55 Å². The molecule has 2 aromatic rings. The summed E-state index contributed by atoms with van der Waals surface area (Å²) in [4.78, 5) is 12.5. The third-order valence-corrected chi connectivity index (χ3v) is 3.69. The summed E-state index contributed by atoms with van der Waals surface area (Å²) in [6.45, 7) is 1.95. The molecule has 0 amide bonds. The van der Waals surface area contributed by atoms with E-state index in [0.717, 1.165) is 5.56 Å². The Kier molecular flexibility index (Phi) is 3.61. The van der Waals surface area contributed by atoms with E-state index in [1.54, 1.807) is 36.4 Å². The second-order valence-corrected chi connectivity index (χ2v) is 5.11. The normalized spacial score (nSPS) is 12.1. The molecule has 1 atom stereocenters. The molecule has 0 spiro atoms. The highest BCUT2D eigenvalue weighted by Gasteiger charge is 2.23. The third kappa shape index (κ3) is 2.75. The van der Waals surface area contributed by atoms with E-state index in [4.69, 9.17) is 0 Å². The van der Waals surface area contributed by atoms with Crippen molar-refractivity contribution in [2.24, 2.45) is 0 Å². The number of hydrogen-bond acceptors (Lipinski definition) is 2. The minimum absolute atomic E-state index is 0.352. The quantitative estimate of drug-likeness (QED) is 0.762. The largest absolute Gasteiger partial charge is 0.604 e. The van der Waals surface area contributed by atoms with Crippen molar-refractivity contribution in [2.45, 2.75) is 11.8 Å². The molecule has 3 heteroatoms. The summed E-state index contributed by atoms with van der Waals surface area (Å²) in [5.41, 5.74) is 1.56. The summed E-state index contributed by atoms with van der Waals surface area (Å²) in [6.07, 6.45) is 0. The predicted molar refractivity (Wildman–Crippen MR) is 68.4 cm³/mol. The molecular weight excluding hydrogens is 232 g/mol. The molecule has 0 bridgehead atoms. The number of hydrogen-bond donors (Lipinski definition) is 0. The van der Waals surface area contributed by atoms with E-state index in [-0.39, 0.29) is 5.12 Å². The van der Waals surface area contributed by atoms with Crippen LogP contribution < -0.4 is 0 Å². The molecule has 86 valence electrons. The molecule has 1 unspecified atom stereocenters. The Morgan fingerprint density at radius 1 is 1.00 bits per heavy atom. The summed E-state index contributed by atoms with van der Waals surface area (Å²) in [6, 6.07) is 15.9. The lowest BCUT2D eigenvalue weighted by Crippen LogP contribution is -2.15. The number of aryl methyl sites for hydroxylation is 1. The van der Waals surface area contributed by atoms with Crippen LogP contribution in [0.25, 0.3) is 0 Å². The summed E-state index contributed by atoms with van der Waals surface area (Å²) in [7, 11) is 0. The van der Waals surface area contributed by atoms with Crippen LogP contribution in [0.1, 0.15) is 15.9 Å². The Balaban J connectivity index is 2.23. The second-order valence-electron chi connectivity index (χ2n) is 3.74. The van der Waals surface area contributed by atoms with Crippen molar-refractivity contribution in [1.82, 2.24) is 0 Å². The van der Waals surface area contributed by atoms with Crippen LogP contribution >= 0.6 is 0 Å². The molecule has 0 aliphatic rings. The molecule has 0 N–H and O–H groups in total. The summed E-state index contributed by atoms with van der Waals surface area (Å²) in [5.74, 6) is 0. The first kappa shape index (κ1) is 11.9. The van der Waals surface area contributed by atoms with Crippen molar-refractivity contribution in [3.8, 4) is 0 Å². The van der Waals surface area contributed by atoms with Gasteiger partial charge in [0.25, 0.3) is 0 Å². The average molecular weight is 244 g/mol. The smallest absolute Gasteiger partial charge is 0.365 e. The number of carbonyl (C=O) groups is 1. The maximum absolute atomic E-state index is 12.0. The van der Waals surface area contributed by atoms with Crippen LogP contribution in [0.2, 0.25) is 0 Å². The summed E-state index contributed by atoms with van der Waals surface area (Å²) < 4.78 is 12.0. The molecule has 0 saturated carbocycles. The molecule has 17 heavy (non-hydrogen) atoms. The third-order valence-electron chi connectivity index (χ3n) is 2.41. The molecule has 2 aromatic carbocycles. The Morgan fingerprint density at radius 2 is 1.59 bits per heavy atom. The Labute approximate surface area is 103 Å². The fourth-order valence-electron chi connectivity index (χ4n) is 1.45. The van der Waals surface area contributed by atoms with Gasteiger partial charge in [-0.1, -0.05) is 35.9 Å². The molecular formula is C14H12O2S. The van der Waals surface area contributed by atoms with E-state index >= 15 is 0 Å². The van der Waals surface area contributed by atoms with Crippen LogP contribution in [0.15, 0.2) is 59.5 Å². The molecule has 2 rings (SSSR count). The zero-order valence-corrected chi connectivity index (χ0v) is 10.2. The minimum atomic E-state index is -1.63. The highest BCUT2D eigenvalue weighted by molar-refractivity contribution is 8.06. The molecule has 0 saturated heterocycles. The van der Waals surface area contributed by atoms with Crippen LogP contribution in [0.3, 0.4) is 0 Å². The van der Waals surface area contributed by atoms with Crippen molar-refractivity contribution in [3.63, 3.8) is 0 Å². The first-order chi connectivity index (χ1) is 8.18. The fourth-order valence-corrected chi connectivity index (χ4v) is 2.40. The van der Waals surface area contributed by atoms with Gasteiger partial charge in [-0.25, -0.2) is 4.79 Å². The van der Waals surface area contributed by atoms with Crippen molar-refractivity contribution >= 4 is 16.3 Å². The highest BCUT2D eigenvalue weighted by atomic mass is 32.2. The standard InChI is InChI=1S/C14H12O2S/c1-11-7-9-13(10-8-11)17(16)14(15)12-5-3-2-4-6-12/h2-10H,1H3. The van der Waals surface area contributed by atoms with E-state index in [9.17, 15) is 9.35 Å². The van der Waals surface area contributed by atoms with E-state index < -0.39 is 11.2 Å². The van der Waals surface area contributed by atoms with Crippen molar-refractivity contribution in [1.29, 1.82) is 0 Å². The summed E-state index contributed by atoms with van der Waals surface area (Å²) >= 11 is -1.63. The van der Waals surface area contributed by atoms with Gasteiger partial charge in [-0.2, -0.15) is 0 Å². The lowest BCUT2D eigenvalue weighted by Gasteiger charge is -2.07. The van der Waals surface area contributed by atoms with Gasteiger partial charge in [-0.15, -0.1) is 0 Å². The topological polar surface area (TPSA) is 40.1 Å². The molecule has 0 heterocycles. The van der Waals surface area contributed by atoms with Gasteiger partial charge in [0.15, 0.2) is 4.90 Å². The number of benzene rings is 2. The minimum Gasteiger partial charge on any atom is -0.604 e. The first-order valence-corrected chi connectivity index (χ1v) is 6.41. The van der Waals surface area contributed by atoms with Crippen LogP contribution in [0.5, 0.6) is 0 Å². The Bertz CT molecular complexity index is 506. The second kappa shape index (κ2) is 5.17. The first-order valence-electron chi connectivity index (χ1n) is 5.26. The SMILES string of the molecule is Cc1ccc([S+]([O-])C(=O)c2ccccc2)cc1.